The Hall–Kier alpha value is -2.61. The molecule has 8 nitrogen and oxygen atoms in total. The molecule has 0 aliphatic heterocycles. The van der Waals surface area contributed by atoms with Gasteiger partial charge in [-0.2, -0.15) is 0 Å². The van der Waals surface area contributed by atoms with Crippen LogP contribution in [0.4, 0.5) is 4.79 Å². The van der Waals surface area contributed by atoms with E-state index in [0.717, 1.165) is 5.56 Å². The molecule has 2 amide bonds. The van der Waals surface area contributed by atoms with Gasteiger partial charge in [-0.25, -0.2) is 14.4 Å². The predicted molar refractivity (Wildman–Crippen MR) is 117 cm³/mol. The Labute approximate surface area is 184 Å². The summed E-state index contributed by atoms with van der Waals surface area (Å²) in [4.78, 5) is 38.9. The number of carbonyl (C=O) groups is 3. The van der Waals surface area contributed by atoms with Crippen LogP contribution in [0.5, 0.6) is 0 Å². The van der Waals surface area contributed by atoms with Gasteiger partial charge in [0.2, 0.25) is 0 Å². The zero-order valence-corrected chi connectivity index (χ0v) is 19.4. The Morgan fingerprint density at radius 3 is 2.19 bits per heavy atom. The highest BCUT2D eigenvalue weighted by molar-refractivity contribution is 5.84. The zero-order chi connectivity index (χ0) is 23.6. The van der Waals surface area contributed by atoms with E-state index in [0.29, 0.717) is 0 Å². The quantitative estimate of drug-likeness (QED) is 0.546. The van der Waals surface area contributed by atoms with Crippen molar-refractivity contribution in [1.29, 1.82) is 0 Å². The van der Waals surface area contributed by atoms with Gasteiger partial charge in [0.15, 0.2) is 6.10 Å². The molecule has 1 rings (SSSR count). The zero-order valence-electron chi connectivity index (χ0n) is 19.4. The maximum Gasteiger partial charge on any atom is 0.336 e. The van der Waals surface area contributed by atoms with E-state index in [9.17, 15) is 19.5 Å². The topological polar surface area (TPSA) is 105 Å². The largest absolute Gasteiger partial charge is 0.464 e. The minimum absolute atomic E-state index is 0.0780. The molecule has 0 fully saturated rings. The number of rotatable bonds is 10. The van der Waals surface area contributed by atoms with Gasteiger partial charge in [-0.3, -0.25) is 0 Å². The molecule has 2 atom stereocenters. The van der Waals surface area contributed by atoms with E-state index in [1.165, 1.54) is 4.90 Å². The summed E-state index contributed by atoms with van der Waals surface area (Å²) in [5, 5.41) is 12.8. The lowest BCUT2D eigenvalue weighted by Gasteiger charge is -2.30. The van der Waals surface area contributed by atoms with Crippen molar-refractivity contribution in [3.05, 3.63) is 35.9 Å². The van der Waals surface area contributed by atoms with Crippen LogP contribution in [0.2, 0.25) is 0 Å². The molecule has 0 bridgehead atoms. The molecule has 0 spiro atoms. The SMILES string of the molecule is CCOC(=O)C(O)CN(CC(C)C)C(=O)N[C@@H](Cc1ccccc1)C(=O)OC(C)(C)C. The van der Waals surface area contributed by atoms with Crippen LogP contribution in [0.25, 0.3) is 0 Å². The molecule has 0 saturated heterocycles. The van der Waals surface area contributed by atoms with Gasteiger partial charge in [0, 0.05) is 13.0 Å². The van der Waals surface area contributed by atoms with E-state index < -0.39 is 35.7 Å². The number of nitrogens with one attached hydrogen (secondary N) is 1. The third-order valence-corrected chi connectivity index (χ3v) is 4.10. The lowest BCUT2D eigenvalue weighted by Crippen LogP contribution is -2.53. The van der Waals surface area contributed by atoms with Gasteiger partial charge in [0.1, 0.15) is 11.6 Å². The van der Waals surface area contributed by atoms with Crippen LogP contribution in [0.3, 0.4) is 0 Å². The fourth-order valence-corrected chi connectivity index (χ4v) is 2.86. The van der Waals surface area contributed by atoms with E-state index in [1.807, 2.05) is 44.2 Å². The smallest absolute Gasteiger partial charge is 0.336 e. The predicted octanol–water partition coefficient (Wildman–Crippen LogP) is 2.53. The molecule has 31 heavy (non-hydrogen) atoms. The summed E-state index contributed by atoms with van der Waals surface area (Å²) in [7, 11) is 0. The molecule has 0 aliphatic rings. The molecule has 0 saturated carbocycles. The van der Waals surface area contributed by atoms with Gasteiger partial charge < -0.3 is 24.8 Å². The Bertz CT molecular complexity index is 715. The Kier molecular flexibility index (Phi) is 10.5. The van der Waals surface area contributed by atoms with Gasteiger partial charge in [0.05, 0.1) is 13.2 Å². The van der Waals surface area contributed by atoms with Crippen molar-refractivity contribution in [3.8, 4) is 0 Å². The molecule has 0 aromatic heterocycles. The second-order valence-electron chi connectivity index (χ2n) is 8.79. The molecule has 8 heteroatoms. The number of aliphatic hydroxyl groups is 1. The molecule has 0 radical (unpaired) electrons. The lowest BCUT2D eigenvalue weighted by molar-refractivity contribution is -0.157. The van der Waals surface area contributed by atoms with Crippen LogP contribution in [-0.4, -0.2) is 65.4 Å². The number of urea groups is 1. The molecule has 1 aromatic carbocycles. The van der Waals surface area contributed by atoms with E-state index in [4.69, 9.17) is 9.47 Å². The summed E-state index contributed by atoms with van der Waals surface area (Å²) in [6.45, 7) is 10.9. The van der Waals surface area contributed by atoms with Crippen molar-refractivity contribution in [2.24, 2.45) is 5.92 Å². The van der Waals surface area contributed by atoms with Gasteiger partial charge in [0.25, 0.3) is 0 Å². The van der Waals surface area contributed by atoms with Crippen molar-refractivity contribution in [3.63, 3.8) is 0 Å². The summed E-state index contributed by atoms with van der Waals surface area (Å²) in [6.07, 6.45) is -1.23. The number of ether oxygens (including phenoxy) is 2. The third-order valence-electron chi connectivity index (χ3n) is 4.10. The average Bonchev–Trinajstić information content (AvgIpc) is 2.66. The first kappa shape index (κ1) is 26.4. The third kappa shape index (κ3) is 10.3. The lowest BCUT2D eigenvalue weighted by atomic mass is 10.1. The number of hydrogen-bond donors (Lipinski definition) is 2. The van der Waals surface area contributed by atoms with Gasteiger partial charge in [-0.05, 0) is 39.2 Å². The second kappa shape index (κ2) is 12.3. The summed E-state index contributed by atoms with van der Waals surface area (Å²) in [5.41, 5.74) is 0.148. The van der Waals surface area contributed by atoms with Crippen LogP contribution in [0, 0.1) is 5.92 Å². The highest BCUT2D eigenvalue weighted by atomic mass is 16.6. The molecule has 2 N–H and O–H groups in total. The number of nitrogens with zero attached hydrogens (tertiary/aromatic N) is 1. The van der Waals surface area contributed by atoms with Crippen molar-refractivity contribution < 1.29 is 29.0 Å². The van der Waals surface area contributed by atoms with E-state index in [2.05, 4.69) is 5.32 Å². The number of esters is 2. The van der Waals surface area contributed by atoms with Crippen LogP contribution in [0.1, 0.15) is 47.1 Å². The summed E-state index contributed by atoms with van der Waals surface area (Å²) in [6, 6.07) is 7.80. The second-order valence-corrected chi connectivity index (χ2v) is 8.79. The minimum Gasteiger partial charge on any atom is -0.464 e. The molecule has 1 aromatic rings. The standard InChI is InChI=1S/C23H36N2O6/c1-7-30-21(28)19(26)15-25(14-16(2)3)22(29)24-18(20(27)31-23(4,5)6)13-17-11-9-8-10-12-17/h8-12,16,18-19,26H,7,13-15H2,1-6H3,(H,24,29)/t18-,19?/m0/s1. The first-order valence-corrected chi connectivity index (χ1v) is 10.6. The van der Waals surface area contributed by atoms with E-state index in [1.54, 1.807) is 27.7 Å². The van der Waals surface area contributed by atoms with Crippen LogP contribution in [-0.2, 0) is 25.5 Å². The summed E-state index contributed by atoms with van der Waals surface area (Å²) in [5.74, 6) is -1.27. The van der Waals surface area contributed by atoms with Crippen molar-refractivity contribution in [2.45, 2.75) is 65.7 Å². The number of benzene rings is 1. The number of hydrogen-bond acceptors (Lipinski definition) is 6. The van der Waals surface area contributed by atoms with Crippen molar-refractivity contribution in [1.82, 2.24) is 10.2 Å². The summed E-state index contributed by atoms with van der Waals surface area (Å²) < 4.78 is 10.3. The first-order valence-electron chi connectivity index (χ1n) is 10.6. The number of amides is 2. The molecule has 0 heterocycles. The number of aliphatic hydroxyl groups excluding tert-OH is 1. The van der Waals surface area contributed by atoms with E-state index >= 15 is 0 Å². The highest BCUT2D eigenvalue weighted by Crippen LogP contribution is 2.12. The van der Waals surface area contributed by atoms with Crippen molar-refractivity contribution >= 4 is 18.0 Å². The normalized spacial score (nSPS) is 13.3. The van der Waals surface area contributed by atoms with Crippen LogP contribution >= 0.6 is 0 Å². The highest BCUT2D eigenvalue weighted by Gasteiger charge is 2.30. The molecular formula is C23H36N2O6. The molecule has 174 valence electrons. The number of carbonyl (C=O) groups excluding carboxylic acids is 3. The van der Waals surface area contributed by atoms with Gasteiger partial charge in [-0.15, -0.1) is 0 Å². The Morgan fingerprint density at radius 2 is 1.68 bits per heavy atom. The van der Waals surface area contributed by atoms with Crippen LogP contribution < -0.4 is 5.32 Å². The monoisotopic (exact) mass is 436 g/mol. The summed E-state index contributed by atoms with van der Waals surface area (Å²) >= 11 is 0. The van der Waals surface area contributed by atoms with Crippen LogP contribution in [0.15, 0.2) is 30.3 Å². The maximum atomic E-state index is 13.0. The van der Waals surface area contributed by atoms with Gasteiger partial charge >= 0.3 is 18.0 Å². The Balaban J connectivity index is 3.01. The van der Waals surface area contributed by atoms with E-state index in [-0.39, 0.29) is 32.0 Å². The first-order chi connectivity index (χ1) is 14.4. The molecule has 1 unspecified atom stereocenters. The fraction of sp³-hybridized carbons (Fsp3) is 0.609. The minimum atomic E-state index is -1.47. The van der Waals surface area contributed by atoms with Crippen molar-refractivity contribution in [2.75, 3.05) is 19.7 Å². The average molecular weight is 437 g/mol. The molecule has 0 aliphatic carbocycles. The van der Waals surface area contributed by atoms with Gasteiger partial charge in [-0.1, -0.05) is 44.2 Å². The fourth-order valence-electron chi connectivity index (χ4n) is 2.86. The molecular weight excluding hydrogens is 400 g/mol. The Morgan fingerprint density at radius 1 is 1.06 bits per heavy atom. The maximum absolute atomic E-state index is 13.0.